The normalized spacial score (nSPS) is 16.4. The van der Waals surface area contributed by atoms with Gasteiger partial charge in [-0.1, -0.05) is 16.8 Å². The summed E-state index contributed by atoms with van der Waals surface area (Å²) in [5, 5.41) is 4.75. The van der Waals surface area contributed by atoms with Gasteiger partial charge in [0.2, 0.25) is 11.7 Å². The van der Waals surface area contributed by atoms with E-state index < -0.39 is 0 Å². The molecule has 2 aromatic carbocycles. The van der Waals surface area contributed by atoms with Crippen LogP contribution in [0.15, 0.2) is 47.0 Å². The Morgan fingerprint density at radius 2 is 1.97 bits per heavy atom. The number of hydrogen-bond donors (Lipinski definition) is 0. The minimum atomic E-state index is -0.0864. The van der Waals surface area contributed by atoms with E-state index in [-0.39, 0.29) is 11.8 Å². The maximum absolute atomic E-state index is 13.1. The first-order valence-corrected chi connectivity index (χ1v) is 10.1. The molecule has 0 radical (unpaired) electrons. The van der Waals surface area contributed by atoms with Crippen molar-refractivity contribution >= 4 is 17.5 Å². The number of halogens is 1. The monoisotopic (exact) mass is 427 g/mol. The third-order valence-corrected chi connectivity index (χ3v) is 5.49. The molecule has 1 fully saturated rings. The Bertz CT molecular complexity index is 1040. The summed E-state index contributed by atoms with van der Waals surface area (Å²) in [4.78, 5) is 19.5. The number of nitrogens with zero attached hydrogens (tertiary/aromatic N) is 3. The highest BCUT2D eigenvalue weighted by Crippen LogP contribution is 2.31. The highest BCUT2D eigenvalue weighted by Gasteiger charge is 2.30. The summed E-state index contributed by atoms with van der Waals surface area (Å²) in [6, 6.07) is 12.5. The molecule has 0 spiro atoms. The van der Waals surface area contributed by atoms with E-state index in [2.05, 4.69) is 10.1 Å². The summed E-state index contributed by atoms with van der Waals surface area (Å²) in [6.07, 6.45) is 1.74. The van der Waals surface area contributed by atoms with E-state index in [1.165, 1.54) is 0 Å². The fraction of sp³-hybridized carbons (Fsp3) is 0.318. The van der Waals surface area contributed by atoms with Gasteiger partial charge in [-0.05, 0) is 49.2 Å². The van der Waals surface area contributed by atoms with E-state index in [1.807, 2.05) is 17.0 Å². The summed E-state index contributed by atoms with van der Waals surface area (Å²) in [6.45, 7) is 1.18. The van der Waals surface area contributed by atoms with Crippen molar-refractivity contribution in [1.29, 1.82) is 0 Å². The topological polar surface area (TPSA) is 77.7 Å². The smallest absolute Gasteiger partial charge is 0.257 e. The first-order valence-electron chi connectivity index (χ1n) is 9.70. The maximum atomic E-state index is 13.1. The van der Waals surface area contributed by atoms with Gasteiger partial charge in [0.15, 0.2) is 0 Å². The van der Waals surface area contributed by atoms with Crippen LogP contribution in [0.1, 0.15) is 35.0 Å². The molecule has 0 N–H and O–H groups in total. The number of likely N-dealkylation sites (tertiary alicyclic amines) is 1. The highest BCUT2D eigenvalue weighted by molar-refractivity contribution is 6.30. The number of hydrogen-bond acceptors (Lipinski definition) is 6. The lowest BCUT2D eigenvalue weighted by Crippen LogP contribution is -2.39. The van der Waals surface area contributed by atoms with Crippen LogP contribution in [0.5, 0.6) is 11.5 Å². The second-order valence-corrected chi connectivity index (χ2v) is 7.56. The average molecular weight is 428 g/mol. The van der Waals surface area contributed by atoms with Crippen molar-refractivity contribution in [3.8, 4) is 22.9 Å². The number of benzene rings is 2. The SMILES string of the molecule is COc1ccc(C(=O)N2CCC[C@H](c3nc(-c4ccc(Cl)cc4)no3)C2)c(OC)c1. The number of ether oxygens (including phenoxy) is 2. The van der Waals surface area contributed by atoms with Crippen LogP contribution in [-0.4, -0.2) is 48.3 Å². The van der Waals surface area contributed by atoms with Crippen LogP contribution in [0, 0.1) is 0 Å². The van der Waals surface area contributed by atoms with E-state index >= 15 is 0 Å². The molecular weight excluding hydrogens is 406 g/mol. The zero-order chi connectivity index (χ0) is 21.1. The second kappa shape index (κ2) is 8.75. The summed E-state index contributed by atoms with van der Waals surface area (Å²) >= 11 is 5.94. The van der Waals surface area contributed by atoms with Crippen LogP contribution < -0.4 is 9.47 Å². The van der Waals surface area contributed by atoms with Crippen molar-refractivity contribution in [1.82, 2.24) is 15.0 Å². The highest BCUT2D eigenvalue weighted by atomic mass is 35.5. The molecular formula is C22H22ClN3O4. The Morgan fingerprint density at radius 1 is 1.17 bits per heavy atom. The Kier molecular flexibility index (Phi) is 5.90. The maximum Gasteiger partial charge on any atom is 0.257 e. The van der Waals surface area contributed by atoms with E-state index in [4.69, 9.17) is 25.6 Å². The minimum absolute atomic E-state index is 0.0134. The number of rotatable bonds is 5. The Morgan fingerprint density at radius 3 is 2.70 bits per heavy atom. The standard InChI is InChI=1S/C22H22ClN3O4/c1-28-17-9-10-18(19(12-17)29-2)22(27)26-11-3-4-15(13-26)21-24-20(25-30-21)14-5-7-16(23)8-6-14/h5-10,12,15H,3-4,11,13H2,1-2H3/t15-/m0/s1. The molecule has 1 amide bonds. The van der Waals surface area contributed by atoms with Gasteiger partial charge >= 0.3 is 0 Å². The molecule has 0 bridgehead atoms. The lowest BCUT2D eigenvalue weighted by Gasteiger charge is -2.31. The van der Waals surface area contributed by atoms with E-state index in [0.717, 1.165) is 18.4 Å². The average Bonchev–Trinajstić information content (AvgIpc) is 3.29. The van der Waals surface area contributed by atoms with Crippen LogP contribution in [0.3, 0.4) is 0 Å². The summed E-state index contributed by atoms with van der Waals surface area (Å²) < 4.78 is 16.1. The van der Waals surface area contributed by atoms with E-state index in [0.29, 0.717) is 46.9 Å². The molecule has 0 aliphatic carbocycles. The number of carbonyl (C=O) groups is 1. The second-order valence-electron chi connectivity index (χ2n) is 7.12. The summed E-state index contributed by atoms with van der Waals surface area (Å²) in [5.41, 5.74) is 1.34. The molecule has 4 rings (SSSR count). The molecule has 1 aromatic heterocycles. The lowest BCUT2D eigenvalue weighted by atomic mass is 9.97. The fourth-order valence-corrected chi connectivity index (χ4v) is 3.75. The fourth-order valence-electron chi connectivity index (χ4n) is 3.63. The van der Waals surface area contributed by atoms with E-state index in [9.17, 15) is 4.79 Å². The van der Waals surface area contributed by atoms with Crippen molar-refractivity contribution in [2.24, 2.45) is 0 Å². The minimum Gasteiger partial charge on any atom is -0.497 e. The van der Waals surface area contributed by atoms with Gasteiger partial charge in [0.05, 0.1) is 25.7 Å². The van der Waals surface area contributed by atoms with Gasteiger partial charge in [-0.15, -0.1) is 0 Å². The van der Waals surface area contributed by atoms with Gasteiger partial charge in [-0.2, -0.15) is 4.98 Å². The Hall–Kier alpha value is -3.06. The summed E-state index contributed by atoms with van der Waals surface area (Å²) in [7, 11) is 3.12. The molecule has 8 heteroatoms. The molecule has 1 aliphatic heterocycles. The van der Waals surface area contributed by atoms with Crippen molar-refractivity contribution in [3.63, 3.8) is 0 Å². The summed E-state index contributed by atoms with van der Waals surface area (Å²) in [5.74, 6) is 2.09. The Labute approximate surface area is 179 Å². The number of aromatic nitrogens is 2. The van der Waals surface area contributed by atoms with Crippen LogP contribution in [0.4, 0.5) is 0 Å². The van der Waals surface area contributed by atoms with Crippen LogP contribution in [0.2, 0.25) is 5.02 Å². The third-order valence-electron chi connectivity index (χ3n) is 5.24. The zero-order valence-corrected chi connectivity index (χ0v) is 17.6. The van der Waals surface area contributed by atoms with Crippen molar-refractivity contribution < 1.29 is 18.8 Å². The molecule has 1 atom stereocenters. The third kappa shape index (κ3) is 4.11. The predicted octanol–water partition coefficient (Wildman–Crippen LogP) is 4.43. The molecule has 1 aliphatic rings. The molecule has 2 heterocycles. The lowest BCUT2D eigenvalue weighted by molar-refractivity contribution is 0.0692. The Balaban J connectivity index is 1.51. The quantitative estimate of drug-likeness (QED) is 0.599. The van der Waals surface area contributed by atoms with Crippen molar-refractivity contribution in [2.75, 3.05) is 27.3 Å². The first-order chi connectivity index (χ1) is 14.6. The zero-order valence-electron chi connectivity index (χ0n) is 16.8. The molecule has 0 unspecified atom stereocenters. The van der Waals surface area contributed by atoms with Gasteiger partial charge in [0.25, 0.3) is 5.91 Å². The molecule has 0 saturated carbocycles. The van der Waals surface area contributed by atoms with Crippen LogP contribution in [-0.2, 0) is 0 Å². The molecule has 3 aromatic rings. The van der Waals surface area contributed by atoms with Gasteiger partial charge in [-0.25, -0.2) is 0 Å². The van der Waals surface area contributed by atoms with Crippen LogP contribution >= 0.6 is 11.6 Å². The van der Waals surface area contributed by atoms with Crippen LogP contribution in [0.25, 0.3) is 11.4 Å². The van der Waals surface area contributed by atoms with Gasteiger partial charge < -0.3 is 18.9 Å². The predicted molar refractivity (Wildman–Crippen MR) is 112 cm³/mol. The number of carbonyl (C=O) groups excluding carboxylic acids is 1. The largest absolute Gasteiger partial charge is 0.497 e. The number of piperidine rings is 1. The van der Waals surface area contributed by atoms with Crippen molar-refractivity contribution in [3.05, 3.63) is 58.9 Å². The van der Waals surface area contributed by atoms with Gasteiger partial charge in [0.1, 0.15) is 11.5 Å². The number of amides is 1. The molecule has 7 nitrogen and oxygen atoms in total. The van der Waals surface area contributed by atoms with Gasteiger partial charge in [-0.3, -0.25) is 4.79 Å². The molecule has 1 saturated heterocycles. The molecule has 30 heavy (non-hydrogen) atoms. The van der Waals surface area contributed by atoms with Crippen molar-refractivity contribution in [2.45, 2.75) is 18.8 Å². The molecule has 156 valence electrons. The van der Waals surface area contributed by atoms with Gasteiger partial charge in [0, 0.05) is 29.7 Å². The number of methoxy groups -OCH3 is 2. The van der Waals surface area contributed by atoms with E-state index in [1.54, 1.807) is 44.6 Å². The first kappa shape index (κ1) is 20.2.